The summed E-state index contributed by atoms with van der Waals surface area (Å²) in [5.74, 6) is -2.40. The maximum Gasteiger partial charge on any atom is 0.290 e. The SMILES string of the molecule is COC(CS(F)(F)(F)(F)F)OCc1ccc(-c2ccccc2)cc1. The molecule has 0 saturated carbocycles. The van der Waals surface area contributed by atoms with Gasteiger partial charge in [-0.3, -0.25) is 0 Å². The summed E-state index contributed by atoms with van der Waals surface area (Å²) in [5.41, 5.74) is 2.47. The summed E-state index contributed by atoms with van der Waals surface area (Å²) in [6.45, 7) is -0.262. The highest BCUT2D eigenvalue weighted by molar-refractivity contribution is 8.45. The van der Waals surface area contributed by atoms with Crippen molar-refractivity contribution >= 4 is 10.2 Å². The third-order valence-electron chi connectivity index (χ3n) is 3.21. The quantitative estimate of drug-likeness (QED) is 0.432. The molecule has 2 rings (SSSR count). The molecule has 0 heterocycles. The molecular weight excluding hydrogens is 351 g/mol. The van der Waals surface area contributed by atoms with Gasteiger partial charge in [-0.1, -0.05) is 74.0 Å². The van der Waals surface area contributed by atoms with Crippen molar-refractivity contribution in [1.82, 2.24) is 0 Å². The normalized spacial score (nSPS) is 16.2. The van der Waals surface area contributed by atoms with E-state index in [1.807, 2.05) is 30.3 Å². The lowest BCUT2D eigenvalue weighted by Gasteiger charge is -2.42. The van der Waals surface area contributed by atoms with Crippen LogP contribution < -0.4 is 0 Å². The number of hydrogen-bond donors (Lipinski definition) is 0. The van der Waals surface area contributed by atoms with E-state index < -0.39 is 22.3 Å². The Balaban J connectivity index is 1.99. The third-order valence-corrected chi connectivity index (χ3v) is 4.11. The second kappa shape index (κ2) is 6.02. The Morgan fingerprint density at radius 2 is 1.38 bits per heavy atom. The van der Waals surface area contributed by atoms with Gasteiger partial charge in [0.25, 0.3) is 10.2 Å². The minimum absolute atomic E-state index is 0.262. The molecule has 0 bridgehead atoms. The smallest absolute Gasteiger partial charge is 0.290 e. The van der Waals surface area contributed by atoms with Crippen LogP contribution in [0, 0.1) is 0 Å². The largest absolute Gasteiger partial charge is 0.355 e. The van der Waals surface area contributed by atoms with E-state index in [2.05, 4.69) is 4.74 Å². The first-order chi connectivity index (χ1) is 11.0. The predicted octanol–water partition coefficient (Wildman–Crippen LogP) is 6.14. The zero-order valence-electron chi connectivity index (χ0n) is 12.8. The van der Waals surface area contributed by atoms with E-state index in [9.17, 15) is 19.4 Å². The summed E-state index contributed by atoms with van der Waals surface area (Å²) in [7, 11) is -8.69. The summed E-state index contributed by atoms with van der Waals surface area (Å²) >= 11 is 0. The molecule has 0 amide bonds. The Morgan fingerprint density at radius 1 is 0.833 bits per heavy atom. The molecular formula is C16H17F5O2S. The van der Waals surface area contributed by atoms with E-state index in [1.165, 1.54) is 0 Å². The van der Waals surface area contributed by atoms with Crippen LogP contribution in [0.25, 0.3) is 11.1 Å². The summed E-state index contributed by atoms with van der Waals surface area (Å²) in [5, 5.41) is 0. The fraction of sp³-hybridized carbons (Fsp3) is 0.250. The fourth-order valence-electron chi connectivity index (χ4n) is 2.05. The van der Waals surface area contributed by atoms with Gasteiger partial charge in [-0.15, -0.1) is 0 Å². The lowest BCUT2D eigenvalue weighted by molar-refractivity contribution is -0.119. The molecule has 0 aliphatic carbocycles. The molecule has 2 aromatic carbocycles. The van der Waals surface area contributed by atoms with Crippen LogP contribution in [-0.4, -0.2) is 19.2 Å². The molecule has 1 unspecified atom stereocenters. The van der Waals surface area contributed by atoms with Crippen LogP contribution in [0.15, 0.2) is 54.6 Å². The van der Waals surface area contributed by atoms with Crippen molar-refractivity contribution in [1.29, 1.82) is 0 Å². The maximum absolute atomic E-state index is 12.5. The van der Waals surface area contributed by atoms with Gasteiger partial charge >= 0.3 is 0 Å². The molecule has 0 N–H and O–H groups in total. The standard InChI is InChI=1S/C16H17F5O2S/c1-22-16(12-24(17,18,19,20)21)23-11-13-7-9-15(10-8-13)14-5-3-2-4-6-14/h2-10,16H,11-12H2,1H3. The Kier molecular flexibility index (Phi) is 4.69. The molecule has 0 aliphatic heterocycles. The van der Waals surface area contributed by atoms with Gasteiger partial charge in [-0.25, -0.2) is 0 Å². The van der Waals surface area contributed by atoms with Crippen LogP contribution in [0.3, 0.4) is 0 Å². The number of methoxy groups -OCH3 is 1. The maximum atomic E-state index is 12.5. The minimum Gasteiger partial charge on any atom is -0.355 e. The number of hydrogen-bond acceptors (Lipinski definition) is 2. The average Bonchev–Trinajstić information content (AvgIpc) is 2.50. The van der Waals surface area contributed by atoms with E-state index in [1.54, 1.807) is 24.3 Å². The highest BCUT2D eigenvalue weighted by atomic mass is 32.5. The molecule has 24 heavy (non-hydrogen) atoms. The topological polar surface area (TPSA) is 18.5 Å². The number of benzene rings is 2. The minimum atomic E-state index is -9.58. The molecule has 134 valence electrons. The van der Waals surface area contributed by atoms with Crippen LogP contribution in [-0.2, 0) is 16.1 Å². The molecule has 1 atom stereocenters. The van der Waals surface area contributed by atoms with Crippen LogP contribution in [0.5, 0.6) is 0 Å². The molecule has 0 aliphatic rings. The fourth-order valence-corrected chi connectivity index (χ4v) is 2.80. The van der Waals surface area contributed by atoms with Crippen molar-refractivity contribution in [2.24, 2.45) is 0 Å². The first-order valence-electron chi connectivity index (χ1n) is 6.97. The van der Waals surface area contributed by atoms with Crippen molar-refractivity contribution in [3.63, 3.8) is 0 Å². The molecule has 8 heteroatoms. The average molecular weight is 368 g/mol. The molecule has 0 fully saturated rings. The third kappa shape index (κ3) is 6.46. The van der Waals surface area contributed by atoms with Gasteiger partial charge in [-0.05, 0) is 16.7 Å². The number of halogens is 5. The Labute approximate surface area is 136 Å². The van der Waals surface area contributed by atoms with E-state index >= 15 is 0 Å². The Bertz CT molecular complexity index is 671. The van der Waals surface area contributed by atoms with E-state index in [0.29, 0.717) is 5.56 Å². The lowest BCUT2D eigenvalue weighted by atomic mass is 10.0. The summed E-state index contributed by atoms with van der Waals surface area (Å²) < 4.78 is 71.5. The molecule has 2 aromatic rings. The van der Waals surface area contributed by atoms with Gasteiger partial charge in [-0.2, -0.15) is 0 Å². The van der Waals surface area contributed by atoms with Crippen LogP contribution in [0.2, 0.25) is 0 Å². The molecule has 0 radical (unpaired) electrons. The first kappa shape index (κ1) is 18.7. The molecule has 2 nitrogen and oxygen atoms in total. The van der Waals surface area contributed by atoms with Crippen molar-refractivity contribution in [2.45, 2.75) is 12.9 Å². The van der Waals surface area contributed by atoms with Gasteiger partial charge in [0.1, 0.15) is 5.75 Å². The second-order valence-electron chi connectivity index (χ2n) is 5.33. The Morgan fingerprint density at radius 3 is 1.88 bits per heavy atom. The van der Waals surface area contributed by atoms with Gasteiger partial charge < -0.3 is 9.47 Å². The first-order valence-corrected chi connectivity index (χ1v) is 9.09. The van der Waals surface area contributed by atoms with E-state index in [-0.39, 0.29) is 6.61 Å². The molecule has 0 spiro atoms. The zero-order chi connectivity index (χ0) is 17.9. The van der Waals surface area contributed by atoms with Crippen LogP contribution >= 0.6 is 10.2 Å². The molecule has 0 aromatic heterocycles. The van der Waals surface area contributed by atoms with Crippen molar-refractivity contribution in [2.75, 3.05) is 12.9 Å². The molecule has 0 saturated heterocycles. The van der Waals surface area contributed by atoms with Gasteiger partial charge in [0, 0.05) is 7.11 Å². The number of rotatable bonds is 7. The van der Waals surface area contributed by atoms with Crippen LogP contribution in [0.4, 0.5) is 19.4 Å². The zero-order valence-corrected chi connectivity index (χ0v) is 13.6. The van der Waals surface area contributed by atoms with Gasteiger partial charge in [0.2, 0.25) is 0 Å². The number of ether oxygens (including phenoxy) is 2. The predicted molar refractivity (Wildman–Crippen MR) is 85.5 cm³/mol. The van der Waals surface area contributed by atoms with Crippen LogP contribution in [0.1, 0.15) is 5.56 Å². The highest BCUT2D eigenvalue weighted by Crippen LogP contribution is 2.97. The van der Waals surface area contributed by atoms with Crippen molar-refractivity contribution < 1.29 is 28.9 Å². The Hall–Kier alpha value is -1.64. The summed E-state index contributed by atoms with van der Waals surface area (Å²) in [6, 6.07) is 16.4. The van der Waals surface area contributed by atoms with Crippen molar-refractivity contribution in [3.05, 3.63) is 60.2 Å². The second-order valence-corrected chi connectivity index (χ2v) is 7.93. The lowest BCUT2D eigenvalue weighted by Crippen LogP contribution is -2.28. The summed E-state index contributed by atoms with van der Waals surface area (Å²) in [4.78, 5) is 0. The van der Waals surface area contributed by atoms with Gasteiger partial charge in [0.05, 0.1) is 6.61 Å². The van der Waals surface area contributed by atoms with Gasteiger partial charge in [0.15, 0.2) is 6.29 Å². The monoisotopic (exact) mass is 368 g/mol. The highest BCUT2D eigenvalue weighted by Gasteiger charge is 2.64. The van der Waals surface area contributed by atoms with E-state index in [4.69, 9.17) is 4.74 Å². The van der Waals surface area contributed by atoms with E-state index in [0.717, 1.165) is 18.2 Å². The summed E-state index contributed by atoms with van der Waals surface area (Å²) in [6.07, 6.45) is -2.05. The van der Waals surface area contributed by atoms with Crippen molar-refractivity contribution in [3.8, 4) is 11.1 Å².